The first-order valence-corrected chi connectivity index (χ1v) is 7.54. The Morgan fingerprint density at radius 1 is 1.08 bits per heavy atom. The van der Waals surface area contributed by atoms with E-state index in [0.717, 1.165) is 23.4 Å². The fraction of sp³-hybridized carbons (Fsp3) is 0.111. The van der Waals surface area contributed by atoms with Gasteiger partial charge in [-0.1, -0.05) is 6.92 Å². The van der Waals surface area contributed by atoms with E-state index in [1.165, 1.54) is 0 Å². The van der Waals surface area contributed by atoms with Crippen LogP contribution < -0.4 is 5.32 Å². The Morgan fingerprint density at radius 2 is 1.79 bits per heavy atom. The summed E-state index contributed by atoms with van der Waals surface area (Å²) >= 11 is 0. The van der Waals surface area contributed by atoms with Crippen LogP contribution in [0, 0.1) is 0 Å². The van der Waals surface area contributed by atoms with Gasteiger partial charge in [0.05, 0.1) is 5.56 Å². The van der Waals surface area contributed by atoms with Gasteiger partial charge < -0.3 is 10.4 Å². The van der Waals surface area contributed by atoms with Crippen molar-refractivity contribution >= 4 is 17.5 Å². The molecule has 0 fully saturated rings. The lowest BCUT2D eigenvalue weighted by Crippen LogP contribution is -2.01. The number of anilines is 2. The van der Waals surface area contributed by atoms with Gasteiger partial charge in [0.1, 0.15) is 5.82 Å². The number of pyridine rings is 1. The molecule has 24 heavy (non-hydrogen) atoms. The van der Waals surface area contributed by atoms with Crippen molar-refractivity contribution in [2.45, 2.75) is 13.3 Å². The molecule has 2 heterocycles. The Hall–Kier alpha value is -3.28. The zero-order valence-electron chi connectivity index (χ0n) is 13.1. The first-order chi connectivity index (χ1) is 11.7. The van der Waals surface area contributed by atoms with Crippen LogP contribution in [0.25, 0.3) is 11.4 Å². The molecule has 6 nitrogen and oxygen atoms in total. The predicted octanol–water partition coefficient (Wildman–Crippen LogP) is 3.54. The number of aryl methyl sites for hydroxylation is 1. The van der Waals surface area contributed by atoms with Crippen molar-refractivity contribution in [2.24, 2.45) is 0 Å². The molecule has 0 saturated carbocycles. The molecule has 6 heteroatoms. The van der Waals surface area contributed by atoms with E-state index < -0.39 is 5.97 Å². The highest BCUT2D eigenvalue weighted by atomic mass is 16.4. The minimum absolute atomic E-state index is 0.245. The molecule has 0 unspecified atom stereocenters. The SMILES string of the molecule is CCc1cc(Nc2ccc(C(=O)O)cc2)nc(-c2ccncc2)n1. The zero-order valence-corrected chi connectivity index (χ0v) is 13.1. The van der Waals surface area contributed by atoms with E-state index >= 15 is 0 Å². The number of benzene rings is 1. The highest BCUT2D eigenvalue weighted by Gasteiger charge is 2.07. The number of hydrogen-bond acceptors (Lipinski definition) is 5. The Bertz CT molecular complexity index is 849. The molecule has 0 radical (unpaired) electrons. The van der Waals surface area contributed by atoms with E-state index in [9.17, 15) is 4.79 Å². The van der Waals surface area contributed by atoms with Crippen LogP contribution >= 0.6 is 0 Å². The van der Waals surface area contributed by atoms with Gasteiger partial charge in [-0.3, -0.25) is 4.98 Å². The van der Waals surface area contributed by atoms with Crippen molar-refractivity contribution in [1.29, 1.82) is 0 Å². The van der Waals surface area contributed by atoms with Crippen LogP contribution in [0.2, 0.25) is 0 Å². The summed E-state index contributed by atoms with van der Waals surface area (Å²) in [4.78, 5) is 24.0. The minimum atomic E-state index is -0.947. The first-order valence-electron chi connectivity index (χ1n) is 7.54. The van der Waals surface area contributed by atoms with Gasteiger partial charge in [0.2, 0.25) is 0 Å². The summed E-state index contributed by atoms with van der Waals surface area (Å²) < 4.78 is 0. The summed E-state index contributed by atoms with van der Waals surface area (Å²) in [5.74, 6) is 0.343. The average molecular weight is 320 g/mol. The van der Waals surface area contributed by atoms with Crippen molar-refractivity contribution in [3.63, 3.8) is 0 Å². The van der Waals surface area contributed by atoms with Crippen LogP contribution in [0.4, 0.5) is 11.5 Å². The molecule has 3 rings (SSSR count). The van der Waals surface area contributed by atoms with Gasteiger partial charge in [0.15, 0.2) is 5.82 Å². The molecule has 0 spiro atoms. The Morgan fingerprint density at radius 3 is 2.42 bits per heavy atom. The van der Waals surface area contributed by atoms with E-state index in [-0.39, 0.29) is 5.56 Å². The third kappa shape index (κ3) is 3.55. The summed E-state index contributed by atoms with van der Waals surface area (Å²) in [6.07, 6.45) is 4.19. The van der Waals surface area contributed by atoms with Crippen molar-refractivity contribution in [3.05, 3.63) is 66.1 Å². The molecular formula is C18H16N4O2. The van der Waals surface area contributed by atoms with Gasteiger partial charge in [-0.05, 0) is 42.8 Å². The smallest absolute Gasteiger partial charge is 0.335 e. The molecule has 2 N–H and O–H groups in total. The number of carboxylic acids is 1. The third-order valence-electron chi connectivity index (χ3n) is 3.48. The van der Waals surface area contributed by atoms with E-state index in [4.69, 9.17) is 5.11 Å². The second-order valence-electron chi connectivity index (χ2n) is 5.17. The zero-order chi connectivity index (χ0) is 16.9. The molecule has 0 amide bonds. The largest absolute Gasteiger partial charge is 0.478 e. The van der Waals surface area contributed by atoms with Crippen LogP contribution in [0.5, 0.6) is 0 Å². The Balaban J connectivity index is 1.91. The highest BCUT2D eigenvalue weighted by molar-refractivity contribution is 5.88. The van der Waals surface area contributed by atoms with E-state index in [1.54, 1.807) is 36.7 Å². The number of carbonyl (C=O) groups is 1. The second kappa shape index (κ2) is 6.87. The summed E-state index contributed by atoms with van der Waals surface area (Å²) in [6, 6.07) is 12.1. The Kier molecular flexibility index (Phi) is 4.47. The number of aromatic carboxylic acids is 1. The van der Waals surface area contributed by atoms with Crippen LogP contribution in [-0.2, 0) is 6.42 Å². The molecule has 120 valence electrons. The van der Waals surface area contributed by atoms with E-state index in [2.05, 4.69) is 20.3 Å². The fourth-order valence-corrected chi connectivity index (χ4v) is 2.22. The molecule has 3 aromatic rings. The number of nitrogens with one attached hydrogen (secondary N) is 1. The number of aromatic nitrogens is 3. The molecule has 2 aromatic heterocycles. The van der Waals surface area contributed by atoms with E-state index in [0.29, 0.717) is 11.6 Å². The maximum atomic E-state index is 10.9. The normalized spacial score (nSPS) is 10.4. The summed E-state index contributed by atoms with van der Waals surface area (Å²) in [5.41, 5.74) is 2.82. The number of hydrogen-bond donors (Lipinski definition) is 2. The standard InChI is InChI=1S/C18H16N4O2/c1-2-14-11-16(20-15-5-3-13(4-6-15)18(23)24)22-17(21-14)12-7-9-19-10-8-12/h3-11H,2H2,1H3,(H,23,24)(H,20,21,22). The number of rotatable bonds is 5. The van der Waals surface area contributed by atoms with Gasteiger partial charge >= 0.3 is 5.97 Å². The maximum Gasteiger partial charge on any atom is 0.335 e. The lowest BCUT2D eigenvalue weighted by atomic mass is 10.2. The Labute approximate surface area is 139 Å². The van der Waals surface area contributed by atoms with Gasteiger partial charge in [0.25, 0.3) is 0 Å². The molecule has 0 aliphatic rings. The van der Waals surface area contributed by atoms with Crippen molar-refractivity contribution in [2.75, 3.05) is 5.32 Å². The quantitative estimate of drug-likeness (QED) is 0.747. The fourth-order valence-electron chi connectivity index (χ4n) is 2.22. The van der Waals surface area contributed by atoms with Crippen LogP contribution in [0.3, 0.4) is 0 Å². The molecule has 0 bridgehead atoms. The highest BCUT2D eigenvalue weighted by Crippen LogP contribution is 2.21. The molecule has 0 atom stereocenters. The third-order valence-corrected chi connectivity index (χ3v) is 3.48. The lowest BCUT2D eigenvalue weighted by molar-refractivity contribution is 0.0697. The van der Waals surface area contributed by atoms with Crippen LogP contribution in [0.1, 0.15) is 23.0 Å². The molecule has 0 saturated heterocycles. The van der Waals surface area contributed by atoms with Crippen molar-refractivity contribution < 1.29 is 9.90 Å². The number of carboxylic acid groups (broad SMARTS) is 1. The average Bonchev–Trinajstić information content (AvgIpc) is 2.62. The molecular weight excluding hydrogens is 304 g/mol. The summed E-state index contributed by atoms with van der Waals surface area (Å²) in [5, 5.41) is 12.1. The van der Waals surface area contributed by atoms with Crippen molar-refractivity contribution in [1.82, 2.24) is 15.0 Å². The van der Waals surface area contributed by atoms with Gasteiger partial charge in [-0.15, -0.1) is 0 Å². The molecule has 1 aromatic carbocycles. The first kappa shape index (κ1) is 15.6. The van der Waals surface area contributed by atoms with Gasteiger partial charge in [0, 0.05) is 35.4 Å². The summed E-state index contributed by atoms with van der Waals surface area (Å²) in [7, 11) is 0. The lowest BCUT2D eigenvalue weighted by Gasteiger charge is -2.10. The van der Waals surface area contributed by atoms with Crippen LogP contribution in [-0.4, -0.2) is 26.0 Å². The summed E-state index contributed by atoms with van der Waals surface area (Å²) in [6.45, 7) is 2.03. The maximum absolute atomic E-state index is 10.9. The predicted molar refractivity (Wildman–Crippen MR) is 91.3 cm³/mol. The molecule has 0 aliphatic carbocycles. The van der Waals surface area contributed by atoms with Gasteiger partial charge in [-0.2, -0.15) is 0 Å². The van der Waals surface area contributed by atoms with E-state index in [1.807, 2.05) is 25.1 Å². The topological polar surface area (TPSA) is 88.0 Å². The second-order valence-corrected chi connectivity index (χ2v) is 5.17. The minimum Gasteiger partial charge on any atom is -0.478 e. The number of nitrogens with zero attached hydrogens (tertiary/aromatic N) is 3. The van der Waals surface area contributed by atoms with Gasteiger partial charge in [-0.25, -0.2) is 14.8 Å². The van der Waals surface area contributed by atoms with Crippen LogP contribution in [0.15, 0.2) is 54.9 Å². The monoisotopic (exact) mass is 320 g/mol. The molecule has 0 aliphatic heterocycles. The van der Waals surface area contributed by atoms with Crippen molar-refractivity contribution in [3.8, 4) is 11.4 Å².